The summed E-state index contributed by atoms with van der Waals surface area (Å²) in [5.41, 5.74) is 1.53. The largest absolute Gasteiger partial charge is 0.329 e. The van der Waals surface area contributed by atoms with Gasteiger partial charge < -0.3 is 4.90 Å². The molecule has 0 bridgehead atoms. The van der Waals surface area contributed by atoms with Crippen molar-refractivity contribution in [3.8, 4) is 0 Å². The topological polar surface area (TPSA) is 53.5 Å². The van der Waals surface area contributed by atoms with Crippen LogP contribution in [-0.4, -0.2) is 40.8 Å². The van der Waals surface area contributed by atoms with Crippen LogP contribution in [0, 0.1) is 6.92 Å². The highest BCUT2D eigenvalue weighted by Crippen LogP contribution is 2.28. The number of fused-ring (bicyclic) bond motifs is 1. The molecule has 5 heteroatoms. The van der Waals surface area contributed by atoms with Gasteiger partial charge in [-0.05, 0) is 31.9 Å². The number of aryl methyl sites for hydroxylation is 1. The zero-order valence-corrected chi connectivity index (χ0v) is 10.3. The number of carbonyl (C=O) groups excluding carboxylic acids is 2. The SMILES string of the molecule is Cc1ncccc1N1CC(=O)N2CCCC2C1=O. The zero-order chi connectivity index (χ0) is 12.7. The van der Waals surface area contributed by atoms with Crippen molar-refractivity contribution in [2.75, 3.05) is 18.0 Å². The number of piperazine rings is 1. The highest BCUT2D eigenvalue weighted by molar-refractivity contribution is 6.07. The quantitative estimate of drug-likeness (QED) is 0.733. The van der Waals surface area contributed by atoms with Crippen molar-refractivity contribution in [1.82, 2.24) is 9.88 Å². The van der Waals surface area contributed by atoms with Gasteiger partial charge in [0, 0.05) is 12.7 Å². The molecule has 2 aliphatic rings. The second-order valence-electron chi connectivity index (χ2n) is 4.78. The number of rotatable bonds is 1. The number of pyridine rings is 1. The van der Waals surface area contributed by atoms with E-state index in [0.29, 0.717) is 0 Å². The molecule has 2 saturated heterocycles. The van der Waals surface area contributed by atoms with Crippen LogP contribution in [0.5, 0.6) is 0 Å². The zero-order valence-electron chi connectivity index (χ0n) is 10.3. The average Bonchev–Trinajstić information content (AvgIpc) is 2.85. The van der Waals surface area contributed by atoms with Gasteiger partial charge >= 0.3 is 0 Å². The van der Waals surface area contributed by atoms with E-state index in [1.165, 1.54) is 0 Å². The number of anilines is 1. The molecule has 2 fully saturated rings. The van der Waals surface area contributed by atoms with Gasteiger partial charge in [-0.1, -0.05) is 0 Å². The molecule has 2 amide bonds. The summed E-state index contributed by atoms with van der Waals surface area (Å²) in [4.78, 5) is 31.9. The Kier molecular flexibility index (Phi) is 2.54. The molecular formula is C13H15N3O2. The molecule has 3 rings (SSSR count). The maximum Gasteiger partial charge on any atom is 0.250 e. The van der Waals surface area contributed by atoms with Gasteiger partial charge in [0.2, 0.25) is 11.8 Å². The van der Waals surface area contributed by atoms with Crippen LogP contribution in [0.4, 0.5) is 5.69 Å². The molecule has 94 valence electrons. The third kappa shape index (κ3) is 1.58. The number of hydrogen-bond acceptors (Lipinski definition) is 3. The summed E-state index contributed by atoms with van der Waals surface area (Å²) in [6.45, 7) is 2.71. The maximum absolute atomic E-state index is 12.4. The Morgan fingerprint density at radius 1 is 1.39 bits per heavy atom. The molecule has 0 aromatic carbocycles. The van der Waals surface area contributed by atoms with E-state index in [9.17, 15) is 9.59 Å². The van der Waals surface area contributed by atoms with Gasteiger partial charge in [0.05, 0.1) is 11.4 Å². The normalized spacial score (nSPS) is 23.5. The lowest BCUT2D eigenvalue weighted by molar-refractivity contribution is -0.140. The van der Waals surface area contributed by atoms with E-state index in [-0.39, 0.29) is 24.4 Å². The predicted molar refractivity (Wildman–Crippen MR) is 66.1 cm³/mol. The van der Waals surface area contributed by atoms with E-state index < -0.39 is 0 Å². The van der Waals surface area contributed by atoms with Gasteiger partial charge in [-0.2, -0.15) is 0 Å². The minimum absolute atomic E-state index is 0.0307. The second-order valence-corrected chi connectivity index (χ2v) is 4.78. The standard InChI is InChI=1S/C13H15N3O2/c1-9-10(4-2-6-14-9)16-8-12(17)15-7-3-5-11(15)13(16)18/h2,4,6,11H,3,5,7-8H2,1H3. The molecule has 1 aromatic rings. The minimum atomic E-state index is -0.258. The lowest BCUT2D eigenvalue weighted by atomic mass is 10.1. The predicted octanol–water partition coefficient (Wildman–Crippen LogP) is 0.728. The van der Waals surface area contributed by atoms with Crippen molar-refractivity contribution in [2.24, 2.45) is 0 Å². The van der Waals surface area contributed by atoms with Gasteiger partial charge in [-0.15, -0.1) is 0 Å². The van der Waals surface area contributed by atoms with Crippen molar-refractivity contribution in [2.45, 2.75) is 25.8 Å². The Morgan fingerprint density at radius 2 is 2.22 bits per heavy atom. The fourth-order valence-corrected chi connectivity index (χ4v) is 2.77. The minimum Gasteiger partial charge on any atom is -0.329 e. The second kappa shape index (κ2) is 4.08. The van der Waals surface area contributed by atoms with Crippen LogP contribution >= 0.6 is 0 Å². The molecule has 18 heavy (non-hydrogen) atoms. The molecule has 1 unspecified atom stereocenters. The van der Waals surface area contributed by atoms with Crippen molar-refractivity contribution in [1.29, 1.82) is 0 Å². The van der Waals surface area contributed by atoms with E-state index >= 15 is 0 Å². The number of hydrogen-bond donors (Lipinski definition) is 0. The molecule has 2 aliphatic heterocycles. The smallest absolute Gasteiger partial charge is 0.250 e. The summed E-state index contributed by atoms with van der Waals surface area (Å²) >= 11 is 0. The fraction of sp³-hybridized carbons (Fsp3) is 0.462. The first kappa shape index (κ1) is 11.2. The maximum atomic E-state index is 12.4. The third-order valence-corrected chi connectivity index (χ3v) is 3.69. The molecular weight excluding hydrogens is 230 g/mol. The van der Waals surface area contributed by atoms with Crippen LogP contribution in [0.25, 0.3) is 0 Å². The summed E-state index contributed by atoms with van der Waals surface area (Å²) in [6, 6.07) is 3.38. The fourth-order valence-electron chi connectivity index (χ4n) is 2.77. The molecule has 0 N–H and O–H groups in total. The van der Waals surface area contributed by atoms with Gasteiger partial charge in [0.25, 0.3) is 0 Å². The van der Waals surface area contributed by atoms with Crippen LogP contribution in [0.2, 0.25) is 0 Å². The van der Waals surface area contributed by atoms with Crippen LogP contribution < -0.4 is 4.90 Å². The monoisotopic (exact) mass is 245 g/mol. The summed E-state index contributed by atoms with van der Waals surface area (Å²) in [6.07, 6.45) is 3.39. The summed E-state index contributed by atoms with van der Waals surface area (Å²) in [5, 5.41) is 0. The molecule has 0 radical (unpaired) electrons. The van der Waals surface area contributed by atoms with E-state index in [0.717, 1.165) is 30.8 Å². The average molecular weight is 245 g/mol. The van der Waals surface area contributed by atoms with E-state index in [1.807, 2.05) is 13.0 Å². The van der Waals surface area contributed by atoms with Crippen LogP contribution in [-0.2, 0) is 9.59 Å². The number of aromatic nitrogens is 1. The van der Waals surface area contributed by atoms with E-state index in [1.54, 1.807) is 22.1 Å². The molecule has 5 nitrogen and oxygen atoms in total. The molecule has 0 aliphatic carbocycles. The molecule has 0 saturated carbocycles. The summed E-state index contributed by atoms with van der Waals surface area (Å²) in [5.74, 6) is 0.0727. The van der Waals surface area contributed by atoms with Crippen LogP contribution in [0.3, 0.4) is 0 Å². The lowest BCUT2D eigenvalue weighted by Gasteiger charge is -2.36. The Balaban J connectivity index is 1.96. The van der Waals surface area contributed by atoms with E-state index in [4.69, 9.17) is 0 Å². The molecule has 3 heterocycles. The third-order valence-electron chi connectivity index (χ3n) is 3.69. The Hall–Kier alpha value is -1.91. The molecule has 1 atom stereocenters. The highest BCUT2D eigenvalue weighted by Gasteiger charge is 2.42. The number of nitrogens with zero attached hydrogens (tertiary/aromatic N) is 3. The van der Waals surface area contributed by atoms with Gasteiger partial charge in [-0.3, -0.25) is 19.5 Å². The van der Waals surface area contributed by atoms with Crippen LogP contribution in [0.15, 0.2) is 18.3 Å². The molecule has 1 aromatic heterocycles. The highest BCUT2D eigenvalue weighted by atomic mass is 16.2. The Labute approximate surface area is 105 Å². The van der Waals surface area contributed by atoms with Crippen LogP contribution in [0.1, 0.15) is 18.5 Å². The summed E-state index contributed by atoms with van der Waals surface area (Å²) in [7, 11) is 0. The molecule has 0 spiro atoms. The number of amides is 2. The van der Waals surface area contributed by atoms with Crippen molar-refractivity contribution >= 4 is 17.5 Å². The first-order valence-electron chi connectivity index (χ1n) is 6.21. The van der Waals surface area contributed by atoms with Crippen molar-refractivity contribution in [3.63, 3.8) is 0 Å². The van der Waals surface area contributed by atoms with E-state index in [2.05, 4.69) is 4.98 Å². The van der Waals surface area contributed by atoms with Gasteiger partial charge in [0.15, 0.2) is 0 Å². The van der Waals surface area contributed by atoms with Gasteiger partial charge in [0.1, 0.15) is 12.6 Å². The first-order valence-corrected chi connectivity index (χ1v) is 6.21. The van der Waals surface area contributed by atoms with Crippen molar-refractivity contribution in [3.05, 3.63) is 24.0 Å². The lowest BCUT2D eigenvalue weighted by Crippen LogP contribution is -2.57. The summed E-state index contributed by atoms with van der Waals surface area (Å²) < 4.78 is 0. The Bertz CT molecular complexity index is 515. The van der Waals surface area contributed by atoms with Gasteiger partial charge in [-0.25, -0.2) is 0 Å². The first-order chi connectivity index (χ1) is 8.68. The Morgan fingerprint density at radius 3 is 3.00 bits per heavy atom. The van der Waals surface area contributed by atoms with Crippen molar-refractivity contribution < 1.29 is 9.59 Å². The number of carbonyl (C=O) groups is 2.